The van der Waals surface area contributed by atoms with Crippen LogP contribution in [0.1, 0.15) is 46.4 Å². The van der Waals surface area contributed by atoms with Crippen molar-refractivity contribution in [2.75, 3.05) is 20.2 Å². The molecule has 1 fully saturated rings. The third-order valence-corrected chi connectivity index (χ3v) is 7.30. The zero-order valence-corrected chi connectivity index (χ0v) is 21.4. The molecule has 1 atom stereocenters. The van der Waals surface area contributed by atoms with E-state index in [4.69, 9.17) is 9.26 Å². The van der Waals surface area contributed by atoms with E-state index in [1.807, 2.05) is 66.0 Å². The maximum Gasteiger partial charge on any atom is 0.264 e. The second kappa shape index (κ2) is 11.4. The van der Waals surface area contributed by atoms with Crippen LogP contribution < -0.4 is 4.74 Å². The van der Waals surface area contributed by atoms with Crippen LogP contribution in [0.15, 0.2) is 76.6 Å². The average Bonchev–Trinajstić information content (AvgIpc) is 3.66. The molecule has 1 aliphatic rings. The molecule has 190 valence electrons. The van der Waals surface area contributed by atoms with E-state index in [0.717, 1.165) is 30.4 Å². The van der Waals surface area contributed by atoms with Crippen LogP contribution in [-0.2, 0) is 11.3 Å². The highest BCUT2D eigenvalue weighted by molar-refractivity contribution is 7.12. The predicted octanol–water partition coefficient (Wildman–Crippen LogP) is 5.20. The topological polar surface area (TPSA) is 88.8 Å². The van der Waals surface area contributed by atoms with Crippen LogP contribution in [0, 0.1) is 0 Å². The van der Waals surface area contributed by atoms with Gasteiger partial charge in [-0.3, -0.25) is 9.59 Å². The zero-order valence-electron chi connectivity index (χ0n) is 20.6. The number of piperidine rings is 1. The second-order valence-electron chi connectivity index (χ2n) is 8.91. The quantitative estimate of drug-likeness (QED) is 0.320. The summed E-state index contributed by atoms with van der Waals surface area (Å²) >= 11 is 1.37. The molecule has 1 saturated heterocycles. The number of hydrogen-bond donors (Lipinski definition) is 0. The Hall–Kier alpha value is -3.98. The summed E-state index contributed by atoms with van der Waals surface area (Å²) in [5, 5.41) is 6.03. The lowest BCUT2D eigenvalue weighted by Gasteiger charge is -2.35. The maximum atomic E-state index is 13.6. The number of likely N-dealkylation sites (tertiary alicyclic amines) is 1. The number of methoxy groups -OCH3 is 1. The number of rotatable bonds is 8. The van der Waals surface area contributed by atoms with Gasteiger partial charge in [-0.1, -0.05) is 53.7 Å². The van der Waals surface area contributed by atoms with Crippen LogP contribution in [0.2, 0.25) is 0 Å². The molecule has 1 unspecified atom stereocenters. The van der Waals surface area contributed by atoms with E-state index in [2.05, 4.69) is 10.1 Å². The number of thiophene rings is 1. The number of hydrogen-bond acceptors (Lipinski definition) is 7. The minimum Gasteiger partial charge on any atom is -0.497 e. The Morgan fingerprint density at radius 2 is 1.97 bits per heavy atom. The summed E-state index contributed by atoms with van der Waals surface area (Å²) in [5.41, 5.74) is 1.74. The molecule has 4 aromatic rings. The molecule has 0 aliphatic carbocycles. The number of ether oxygens (including phenoxy) is 1. The van der Waals surface area contributed by atoms with Gasteiger partial charge in [0.25, 0.3) is 5.91 Å². The average molecular weight is 517 g/mol. The minimum absolute atomic E-state index is 0.0288. The van der Waals surface area contributed by atoms with Crippen LogP contribution in [0.25, 0.3) is 11.4 Å². The predicted molar refractivity (Wildman–Crippen MR) is 140 cm³/mol. The molecule has 2 aromatic heterocycles. The van der Waals surface area contributed by atoms with Crippen LogP contribution >= 0.6 is 11.3 Å². The van der Waals surface area contributed by atoms with Crippen molar-refractivity contribution in [2.45, 2.75) is 31.8 Å². The molecule has 0 saturated carbocycles. The Bertz CT molecular complexity index is 1340. The SMILES string of the molecule is COc1cccc(-c2noc(C3CCCCN3C(=O)CN(Cc3ccccc3)C(=O)c3cccs3)n2)c1. The molecule has 37 heavy (non-hydrogen) atoms. The zero-order chi connectivity index (χ0) is 25.6. The van der Waals surface area contributed by atoms with Gasteiger partial charge in [0, 0.05) is 18.7 Å². The van der Waals surface area contributed by atoms with Gasteiger partial charge < -0.3 is 19.1 Å². The molecular formula is C28H28N4O4S. The van der Waals surface area contributed by atoms with E-state index >= 15 is 0 Å². The van der Waals surface area contributed by atoms with Crippen molar-refractivity contribution in [1.82, 2.24) is 19.9 Å². The fraction of sp³-hybridized carbons (Fsp3) is 0.286. The summed E-state index contributed by atoms with van der Waals surface area (Å²) in [6.07, 6.45) is 2.56. The molecule has 2 aromatic carbocycles. The molecule has 0 spiro atoms. The molecule has 9 heteroatoms. The number of nitrogens with zero attached hydrogens (tertiary/aromatic N) is 4. The molecule has 0 radical (unpaired) electrons. The summed E-state index contributed by atoms with van der Waals surface area (Å²) in [6, 6.07) is 20.5. The molecule has 3 heterocycles. The Kier molecular flexibility index (Phi) is 7.60. The van der Waals surface area contributed by atoms with Crippen molar-refractivity contribution in [3.8, 4) is 17.1 Å². The molecule has 0 bridgehead atoms. The highest BCUT2D eigenvalue weighted by Gasteiger charge is 2.34. The third kappa shape index (κ3) is 5.72. The van der Waals surface area contributed by atoms with E-state index in [0.29, 0.717) is 35.4 Å². The highest BCUT2D eigenvalue weighted by atomic mass is 32.1. The largest absolute Gasteiger partial charge is 0.497 e. The van der Waals surface area contributed by atoms with Crippen LogP contribution in [0.5, 0.6) is 5.75 Å². The summed E-state index contributed by atoms with van der Waals surface area (Å²) in [4.78, 5) is 35.6. The first-order valence-electron chi connectivity index (χ1n) is 12.3. The van der Waals surface area contributed by atoms with Gasteiger partial charge in [0.15, 0.2) is 0 Å². The van der Waals surface area contributed by atoms with Crippen LogP contribution in [0.3, 0.4) is 0 Å². The van der Waals surface area contributed by atoms with E-state index in [9.17, 15) is 9.59 Å². The van der Waals surface area contributed by atoms with Crippen molar-refractivity contribution >= 4 is 23.2 Å². The molecule has 5 rings (SSSR count). The summed E-state index contributed by atoms with van der Waals surface area (Å²) in [7, 11) is 1.61. The molecular weight excluding hydrogens is 488 g/mol. The van der Waals surface area contributed by atoms with E-state index in [1.165, 1.54) is 11.3 Å². The van der Waals surface area contributed by atoms with E-state index in [-0.39, 0.29) is 24.4 Å². The third-order valence-electron chi connectivity index (χ3n) is 6.44. The van der Waals surface area contributed by atoms with Crippen LogP contribution in [0.4, 0.5) is 0 Å². The number of benzene rings is 2. The van der Waals surface area contributed by atoms with Crippen molar-refractivity contribution in [2.24, 2.45) is 0 Å². The van der Waals surface area contributed by atoms with Gasteiger partial charge in [0.05, 0.1) is 12.0 Å². The smallest absolute Gasteiger partial charge is 0.264 e. The number of carbonyl (C=O) groups is 2. The first kappa shape index (κ1) is 24.7. The number of carbonyl (C=O) groups excluding carboxylic acids is 2. The lowest BCUT2D eigenvalue weighted by atomic mass is 10.0. The van der Waals surface area contributed by atoms with Gasteiger partial charge in [-0.2, -0.15) is 4.98 Å². The first-order chi connectivity index (χ1) is 18.1. The molecule has 8 nitrogen and oxygen atoms in total. The standard InChI is InChI=1S/C28H28N4O4S/c1-35-22-12-7-11-21(17-22)26-29-27(36-30-26)23-13-5-6-15-32(23)25(33)19-31(18-20-9-3-2-4-10-20)28(34)24-14-8-16-37-24/h2-4,7-12,14,16-17,23H,5-6,13,15,18-19H2,1H3. The van der Waals surface area contributed by atoms with E-state index in [1.54, 1.807) is 23.0 Å². The molecule has 2 amide bonds. The fourth-order valence-electron chi connectivity index (χ4n) is 4.55. The summed E-state index contributed by atoms with van der Waals surface area (Å²) in [5.74, 6) is 1.27. The first-order valence-corrected chi connectivity index (χ1v) is 13.1. The number of amides is 2. The van der Waals surface area contributed by atoms with Crippen LogP contribution in [-0.4, -0.2) is 52.0 Å². The highest BCUT2D eigenvalue weighted by Crippen LogP contribution is 2.32. The molecule has 1 aliphatic heterocycles. The van der Waals surface area contributed by atoms with Gasteiger partial charge in [0.1, 0.15) is 18.3 Å². The summed E-state index contributed by atoms with van der Waals surface area (Å²) < 4.78 is 10.9. The Balaban J connectivity index is 1.36. The lowest BCUT2D eigenvalue weighted by molar-refractivity contribution is -0.136. The van der Waals surface area contributed by atoms with Crippen molar-refractivity contribution in [1.29, 1.82) is 0 Å². The summed E-state index contributed by atoms with van der Waals surface area (Å²) in [6.45, 7) is 0.897. The van der Waals surface area contributed by atoms with Crippen molar-refractivity contribution < 1.29 is 18.8 Å². The van der Waals surface area contributed by atoms with Gasteiger partial charge in [0.2, 0.25) is 17.6 Å². The van der Waals surface area contributed by atoms with Gasteiger partial charge in [-0.15, -0.1) is 11.3 Å². The fourth-order valence-corrected chi connectivity index (χ4v) is 5.24. The van der Waals surface area contributed by atoms with E-state index < -0.39 is 0 Å². The Morgan fingerprint density at radius 1 is 1.11 bits per heavy atom. The maximum absolute atomic E-state index is 13.6. The normalized spacial score (nSPS) is 15.4. The second-order valence-corrected chi connectivity index (χ2v) is 9.86. The van der Waals surface area contributed by atoms with Crippen molar-refractivity contribution in [3.63, 3.8) is 0 Å². The number of aromatic nitrogens is 2. The Morgan fingerprint density at radius 3 is 2.76 bits per heavy atom. The minimum atomic E-state index is -0.330. The molecule has 0 N–H and O–H groups in total. The lowest BCUT2D eigenvalue weighted by Crippen LogP contribution is -2.45. The van der Waals surface area contributed by atoms with Gasteiger partial charge >= 0.3 is 0 Å². The Labute approximate surface area is 219 Å². The van der Waals surface area contributed by atoms with Gasteiger partial charge in [-0.05, 0) is 48.4 Å². The van der Waals surface area contributed by atoms with Crippen molar-refractivity contribution in [3.05, 3.63) is 88.4 Å². The van der Waals surface area contributed by atoms with Gasteiger partial charge in [-0.25, -0.2) is 0 Å². The monoisotopic (exact) mass is 516 g/mol.